The number of fused-ring (bicyclic) bond motifs is 1. The quantitative estimate of drug-likeness (QED) is 0.762. The van der Waals surface area contributed by atoms with Crippen LogP contribution in [0.3, 0.4) is 0 Å². The molecule has 1 aliphatic heterocycles. The molecular weight excluding hydrogens is 359 g/mol. The molecule has 5 nitrogen and oxygen atoms in total. The van der Waals surface area contributed by atoms with Gasteiger partial charge < -0.3 is 4.74 Å². The van der Waals surface area contributed by atoms with Gasteiger partial charge in [-0.15, -0.1) is 0 Å². The van der Waals surface area contributed by atoms with E-state index in [-0.39, 0.29) is 0 Å². The van der Waals surface area contributed by atoms with Gasteiger partial charge in [-0.25, -0.2) is 9.48 Å². The van der Waals surface area contributed by atoms with Crippen molar-refractivity contribution in [1.29, 1.82) is 0 Å². The van der Waals surface area contributed by atoms with Crippen LogP contribution in [0.1, 0.15) is 43.9 Å². The van der Waals surface area contributed by atoms with E-state index in [0.29, 0.717) is 30.9 Å². The predicted molar refractivity (Wildman–Crippen MR) is 94.7 cm³/mol. The maximum Gasteiger partial charge on any atom is 0.416 e. The smallest absolute Gasteiger partial charge is 0.416 e. The van der Waals surface area contributed by atoms with Crippen molar-refractivity contribution in [3.63, 3.8) is 0 Å². The number of carbonyl (C=O) groups excluding carboxylic acids is 1. The highest BCUT2D eigenvalue weighted by Crippen LogP contribution is 2.31. The maximum atomic E-state index is 12.7. The fourth-order valence-corrected chi connectivity index (χ4v) is 3.03. The third-order valence-corrected chi connectivity index (χ3v) is 4.18. The van der Waals surface area contributed by atoms with Gasteiger partial charge in [0.15, 0.2) is 0 Å². The Labute approximate surface area is 155 Å². The molecular formula is C19H22F3N3O2. The molecule has 2 aromatic rings. The number of hydrogen-bond acceptors (Lipinski definition) is 3. The normalized spacial score (nSPS) is 14.8. The second kappa shape index (κ2) is 6.90. The molecule has 1 aromatic heterocycles. The SMILES string of the molecule is CC(C)(C)OC(=O)N1CCCn2ncc(Cc3ccc(C(F)(F)F)cc3)c21. The van der Waals surface area contributed by atoms with E-state index in [1.54, 1.807) is 36.5 Å². The van der Waals surface area contributed by atoms with Crippen molar-refractivity contribution in [2.75, 3.05) is 11.4 Å². The molecule has 0 N–H and O–H groups in total. The van der Waals surface area contributed by atoms with Crippen LogP contribution in [-0.4, -0.2) is 28.0 Å². The fourth-order valence-electron chi connectivity index (χ4n) is 3.03. The summed E-state index contributed by atoms with van der Waals surface area (Å²) in [6.07, 6.45) is -2.00. The minimum absolute atomic E-state index is 0.382. The van der Waals surface area contributed by atoms with Crippen LogP contribution in [0.15, 0.2) is 30.5 Å². The Morgan fingerprint density at radius 3 is 2.41 bits per heavy atom. The van der Waals surface area contributed by atoms with Crippen LogP contribution in [0.2, 0.25) is 0 Å². The summed E-state index contributed by atoms with van der Waals surface area (Å²) in [4.78, 5) is 14.1. The standard InChI is InChI=1S/C19H22F3N3O2/c1-18(2,3)27-17(26)24-9-4-10-25-16(24)14(12-23-25)11-13-5-7-15(8-6-13)19(20,21)22/h5-8,12H,4,9-11H2,1-3H3. The van der Waals surface area contributed by atoms with Crippen LogP contribution in [-0.2, 0) is 23.9 Å². The van der Waals surface area contributed by atoms with Crippen molar-refractivity contribution in [2.45, 2.75) is 51.9 Å². The van der Waals surface area contributed by atoms with Gasteiger partial charge in [-0.3, -0.25) is 4.90 Å². The van der Waals surface area contributed by atoms with Gasteiger partial charge in [0.1, 0.15) is 11.4 Å². The number of amides is 1. The number of rotatable bonds is 2. The van der Waals surface area contributed by atoms with Crippen LogP contribution < -0.4 is 4.90 Å². The zero-order chi connectivity index (χ0) is 19.8. The van der Waals surface area contributed by atoms with E-state index in [1.807, 2.05) is 0 Å². The van der Waals surface area contributed by atoms with E-state index >= 15 is 0 Å². The molecule has 2 heterocycles. The van der Waals surface area contributed by atoms with Gasteiger partial charge in [0.25, 0.3) is 0 Å². The number of benzene rings is 1. The lowest BCUT2D eigenvalue weighted by molar-refractivity contribution is -0.137. The van der Waals surface area contributed by atoms with Gasteiger partial charge in [-0.05, 0) is 44.9 Å². The molecule has 0 atom stereocenters. The van der Waals surface area contributed by atoms with Gasteiger partial charge in [0.05, 0.1) is 11.8 Å². The molecule has 3 rings (SSSR count). The van der Waals surface area contributed by atoms with Crippen molar-refractivity contribution in [3.8, 4) is 0 Å². The van der Waals surface area contributed by atoms with Crippen molar-refractivity contribution in [1.82, 2.24) is 9.78 Å². The Hall–Kier alpha value is -2.51. The maximum absolute atomic E-state index is 12.7. The van der Waals surface area contributed by atoms with Crippen molar-refractivity contribution < 1.29 is 22.7 Å². The molecule has 0 fully saturated rings. The lowest BCUT2D eigenvalue weighted by Crippen LogP contribution is -2.41. The van der Waals surface area contributed by atoms with E-state index in [0.717, 1.165) is 24.1 Å². The first-order valence-electron chi connectivity index (χ1n) is 8.76. The molecule has 1 aromatic carbocycles. The predicted octanol–water partition coefficient (Wildman–Crippen LogP) is 4.64. The van der Waals surface area contributed by atoms with Crippen LogP contribution in [0.4, 0.5) is 23.8 Å². The number of ether oxygens (including phenoxy) is 1. The molecule has 0 radical (unpaired) electrons. The first kappa shape index (κ1) is 19.3. The van der Waals surface area contributed by atoms with E-state index in [4.69, 9.17) is 4.74 Å². The Morgan fingerprint density at radius 2 is 1.81 bits per heavy atom. The molecule has 0 unspecified atom stereocenters. The van der Waals surface area contributed by atoms with Gasteiger partial charge in [0.2, 0.25) is 0 Å². The lowest BCUT2D eigenvalue weighted by atomic mass is 10.0. The van der Waals surface area contributed by atoms with Crippen molar-refractivity contribution in [2.24, 2.45) is 0 Å². The summed E-state index contributed by atoms with van der Waals surface area (Å²) < 4.78 is 45.4. The zero-order valence-corrected chi connectivity index (χ0v) is 15.5. The molecule has 8 heteroatoms. The van der Waals surface area contributed by atoms with Crippen LogP contribution >= 0.6 is 0 Å². The Kier molecular flexibility index (Phi) is 4.92. The number of aryl methyl sites for hydroxylation is 1. The van der Waals surface area contributed by atoms with Gasteiger partial charge >= 0.3 is 12.3 Å². The molecule has 0 aliphatic carbocycles. The molecule has 1 amide bonds. The average Bonchev–Trinajstić information content (AvgIpc) is 2.96. The summed E-state index contributed by atoms with van der Waals surface area (Å²) in [7, 11) is 0. The van der Waals surface area contributed by atoms with Crippen LogP contribution in [0, 0.1) is 0 Å². The van der Waals surface area contributed by atoms with E-state index in [2.05, 4.69) is 5.10 Å². The summed E-state index contributed by atoms with van der Waals surface area (Å²) in [5, 5.41) is 4.33. The number of nitrogens with zero attached hydrogens (tertiary/aromatic N) is 3. The highest BCUT2D eigenvalue weighted by molar-refractivity contribution is 5.88. The second-order valence-corrected chi connectivity index (χ2v) is 7.57. The second-order valence-electron chi connectivity index (χ2n) is 7.57. The molecule has 27 heavy (non-hydrogen) atoms. The molecule has 0 spiro atoms. The highest BCUT2D eigenvalue weighted by atomic mass is 19.4. The number of alkyl halides is 3. The summed E-state index contributed by atoms with van der Waals surface area (Å²) in [5.41, 5.74) is 0.194. The Balaban J connectivity index is 1.84. The average molecular weight is 381 g/mol. The summed E-state index contributed by atoms with van der Waals surface area (Å²) >= 11 is 0. The van der Waals surface area contributed by atoms with Crippen LogP contribution in [0.25, 0.3) is 0 Å². The largest absolute Gasteiger partial charge is 0.443 e. The lowest BCUT2D eigenvalue weighted by Gasteiger charge is -2.31. The van der Waals surface area contributed by atoms with Gasteiger partial charge in [-0.1, -0.05) is 12.1 Å². The van der Waals surface area contributed by atoms with Gasteiger partial charge in [0, 0.05) is 25.1 Å². The van der Waals surface area contributed by atoms with E-state index in [9.17, 15) is 18.0 Å². The first-order valence-corrected chi connectivity index (χ1v) is 8.76. The fraction of sp³-hybridized carbons (Fsp3) is 0.474. The Bertz CT molecular complexity index is 820. The summed E-state index contributed by atoms with van der Waals surface area (Å²) in [5.74, 6) is 0.649. The topological polar surface area (TPSA) is 47.4 Å². The molecule has 0 saturated heterocycles. The molecule has 146 valence electrons. The zero-order valence-electron chi connectivity index (χ0n) is 15.5. The van der Waals surface area contributed by atoms with Crippen molar-refractivity contribution >= 4 is 11.9 Å². The number of carbonyl (C=O) groups is 1. The monoisotopic (exact) mass is 381 g/mol. The minimum atomic E-state index is -4.36. The number of anilines is 1. The summed E-state index contributed by atoms with van der Waals surface area (Å²) in [6.45, 7) is 6.60. The molecule has 0 saturated carbocycles. The summed E-state index contributed by atoms with van der Waals surface area (Å²) in [6, 6.07) is 5.04. The highest BCUT2D eigenvalue weighted by Gasteiger charge is 2.31. The number of aromatic nitrogens is 2. The number of halogens is 3. The third kappa shape index (κ3) is 4.43. The van der Waals surface area contributed by atoms with E-state index in [1.165, 1.54) is 12.1 Å². The number of hydrogen-bond donors (Lipinski definition) is 0. The Morgan fingerprint density at radius 1 is 1.15 bits per heavy atom. The van der Waals surface area contributed by atoms with E-state index < -0.39 is 23.4 Å². The minimum Gasteiger partial charge on any atom is -0.443 e. The molecule has 0 bridgehead atoms. The third-order valence-electron chi connectivity index (χ3n) is 4.18. The van der Waals surface area contributed by atoms with Gasteiger partial charge in [-0.2, -0.15) is 18.3 Å². The molecule has 1 aliphatic rings. The van der Waals surface area contributed by atoms with Crippen molar-refractivity contribution in [3.05, 3.63) is 47.2 Å². The van der Waals surface area contributed by atoms with Crippen LogP contribution in [0.5, 0.6) is 0 Å². The first-order chi connectivity index (χ1) is 12.5.